The molecule has 2 aliphatic rings. The van der Waals surface area contributed by atoms with Crippen LogP contribution in [0.2, 0.25) is 0 Å². The Hall–Kier alpha value is -2.33. The molecule has 2 aliphatic heterocycles. The summed E-state index contributed by atoms with van der Waals surface area (Å²) in [5.74, 6) is 0. The smallest absolute Gasteiger partial charge is 0.342 e. The van der Waals surface area contributed by atoms with Crippen molar-refractivity contribution in [3.8, 4) is 0 Å². The van der Waals surface area contributed by atoms with Crippen molar-refractivity contribution in [1.29, 1.82) is 0 Å². The van der Waals surface area contributed by atoms with Gasteiger partial charge in [0.1, 0.15) is 0 Å². The number of benzene rings is 1. The molecule has 10 heteroatoms. The van der Waals surface area contributed by atoms with Gasteiger partial charge >= 0.3 is 12.2 Å². The lowest BCUT2D eigenvalue weighted by atomic mass is 10.2. The summed E-state index contributed by atoms with van der Waals surface area (Å²) in [4.78, 5) is 28.1. The average Bonchev–Trinajstić information content (AvgIpc) is 2.74. The molecule has 0 saturated carbocycles. The molecular formula is C20H30F3N5O2. The van der Waals surface area contributed by atoms with Gasteiger partial charge in [0.15, 0.2) is 0 Å². The molecule has 1 aromatic rings. The first-order valence-electron chi connectivity index (χ1n) is 10.1. The van der Waals surface area contributed by atoms with Crippen LogP contribution in [0.25, 0.3) is 0 Å². The highest BCUT2D eigenvalue weighted by Crippen LogP contribution is 2.29. The fraction of sp³-hybridized carbons (Fsp3) is 0.600. The number of anilines is 1. The van der Waals surface area contributed by atoms with Crippen molar-refractivity contribution < 1.29 is 22.8 Å². The van der Waals surface area contributed by atoms with Crippen molar-refractivity contribution in [1.82, 2.24) is 20.0 Å². The van der Waals surface area contributed by atoms with Gasteiger partial charge in [0, 0.05) is 64.1 Å². The van der Waals surface area contributed by atoms with Crippen LogP contribution in [0.1, 0.15) is 19.4 Å². The molecule has 1 aromatic carbocycles. The number of hydrogen-bond acceptors (Lipinski definition) is 4. The fourth-order valence-electron chi connectivity index (χ4n) is 3.17. The molecule has 0 spiro atoms. The fourth-order valence-corrected chi connectivity index (χ4v) is 3.17. The minimum absolute atomic E-state index is 0.297. The van der Waals surface area contributed by atoms with Gasteiger partial charge in [-0.15, -0.1) is 0 Å². The predicted molar refractivity (Wildman–Crippen MR) is 109 cm³/mol. The number of carbonyl (C=O) groups excluding carboxylic acids is 2. The summed E-state index contributed by atoms with van der Waals surface area (Å²) in [5, 5.41) is 5.86. The van der Waals surface area contributed by atoms with Crippen molar-refractivity contribution in [3.05, 3.63) is 29.8 Å². The maximum Gasteiger partial charge on any atom is 0.416 e. The highest BCUT2D eigenvalue weighted by atomic mass is 19.4. The summed E-state index contributed by atoms with van der Waals surface area (Å²) >= 11 is 0. The molecule has 0 aliphatic carbocycles. The van der Waals surface area contributed by atoms with Crippen molar-refractivity contribution in [2.45, 2.75) is 26.1 Å². The topological polar surface area (TPSA) is 67.9 Å². The Bertz CT molecular complexity index is 668. The lowest BCUT2D eigenvalue weighted by Gasteiger charge is -2.32. The number of nitrogens with zero attached hydrogens (tertiary/aromatic N) is 3. The van der Waals surface area contributed by atoms with Gasteiger partial charge in [-0.3, -0.25) is 9.69 Å². The summed E-state index contributed by atoms with van der Waals surface area (Å²) in [6.07, 6.45) is -3.67. The van der Waals surface area contributed by atoms with Gasteiger partial charge in [-0.2, -0.15) is 13.2 Å². The number of hydrogen-bond donors (Lipinski definition) is 2. The molecule has 168 valence electrons. The molecule has 0 radical (unpaired) electrons. The van der Waals surface area contributed by atoms with E-state index in [2.05, 4.69) is 29.4 Å². The van der Waals surface area contributed by atoms with Crippen LogP contribution in [0.15, 0.2) is 24.3 Å². The van der Waals surface area contributed by atoms with Gasteiger partial charge in [0.25, 0.3) is 0 Å². The summed E-state index contributed by atoms with van der Waals surface area (Å²) in [6.45, 7) is 11.0. The molecule has 3 amide bonds. The van der Waals surface area contributed by atoms with Crippen LogP contribution in [-0.4, -0.2) is 85.5 Å². The van der Waals surface area contributed by atoms with Crippen molar-refractivity contribution in [2.75, 3.05) is 57.7 Å². The van der Waals surface area contributed by atoms with Crippen LogP contribution in [-0.2, 0) is 11.0 Å². The third-order valence-electron chi connectivity index (χ3n) is 5.10. The second kappa shape index (κ2) is 11.2. The standard InChI is InChI=1S/C13H14F3N3O2.C7H16N2/c14-13(15,16)10-1-3-11(4-2-10)17-12(21)19-7-5-18(9-20)6-8-19;1-7(2)9-5-3-8-4-6-9/h1-4,9H,5-8H2,(H,17,21);7-8H,3-6H2,1-2H3. The molecule has 0 aromatic heterocycles. The van der Waals surface area contributed by atoms with E-state index in [9.17, 15) is 22.8 Å². The van der Waals surface area contributed by atoms with Crippen molar-refractivity contribution >= 4 is 18.1 Å². The monoisotopic (exact) mass is 429 g/mol. The van der Waals surface area contributed by atoms with Crippen molar-refractivity contribution in [3.63, 3.8) is 0 Å². The lowest BCUT2D eigenvalue weighted by Crippen LogP contribution is -2.49. The van der Waals surface area contributed by atoms with Gasteiger partial charge in [-0.05, 0) is 38.1 Å². The lowest BCUT2D eigenvalue weighted by molar-refractivity contribution is -0.137. The zero-order valence-corrected chi connectivity index (χ0v) is 17.4. The third kappa shape index (κ3) is 7.49. The first kappa shape index (κ1) is 23.9. The zero-order valence-electron chi connectivity index (χ0n) is 17.4. The van der Waals surface area contributed by atoms with Crippen LogP contribution in [0.3, 0.4) is 0 Å². The van der Waals surface area contributed by atoms with Gasteiger partial charge < -0.3 is 20.4 Å². The number of rotatable bonds is 3. The first-order chi connectivity index (χ1) is 14.2. The average molecular weight is 429 g/mol. The second-order valence-corrected chi connectivity index (χ2v) is 7.51. The van der Waals surface area contributed by atoms with E-state index in [-0.39, 0.29) is 6.03 Å². The predicted octanol–water partition coefficient (Wildman–Crippen LogP) is 2.31. The van der Waals surface area contributed by atoms with Gasteiger partial charge in [0.05, 0.1) is 5.56 Å². The molecule has 30 heavy (non-hydrogen) atoms. The van der Waals surface area contributed by atoms with E-state index in [0.29, 0.717) is 31.9 Å². The number of halogens is 3. The Morgan fingerprint density at radius 3 is 2.03 bits per heavy atom. The van der Waals surface area contributed by atoms with Crippen LogP contribution in [0.5, 0.6) is 0 Å². The highest BCUT2D eigenvalue weighted by molar-refractivity contribution is 5.89. The number of alkyl halides is 3. The molecule has 2 fully saturated rings. The Kier molecular flexibility index (Phi) is 8.91. The Labute approximate surface area is 175 Å². The van der Waals surface area contributed by atoms with Crippen LogP contribution >= 0.6 is 0 Å². The van der Waals surface area contributed by atoms with Crippen LogP contribution in [0.4, 0.5) is 23.7 Å². The zero-order chi connectivity index (χ0) is 22.1. The molecule has 0 unspecified atom stereocenters. The number of piperazine rings is 2. The molecule has 3 rings (SSSR count). The van der Waals surface area contributed by atoms with E-state index in [1.807, 2.05) is 0 Å². The normalized spacial score (nSPS) is 17.9. The maximum atomic E-state index is 12.4. The molecule has 2 N–H and O–H groups in total. The Morgan fingerprint density at radius 2 is 1.60 bits per heavy atom. The summed E-state index contributed by atoms with van der Waals surface area (Å²) in [7, 11) is 0. The molecule has 2 saturated heterocycles. The molecule has 0 atom stereocenters. The summed E-state index contributed by atoms with van der Waals surface area (Å²) in [5.41, 5.74) is -0.467. The van der Waals surface area contributed by atoms with Crippen molar-refractivity contribution in [2.24, 2.45) is 0 Å². The maximum absolute atomic E-state index is 12.4. The van der Waals surface area contributed by atoms with E-state index in [1.54, 1.807) is 4.90 Å². The number of amides is 3. The van der Waals surface area contributed by atoms with Gasteiger partial charge in [-0.1, -0.05) is 0 Å². The quantitative estimate of drug-likeness (QED) is 0.724. The molecule has 2 heterocycles. The summed E-state index contributed by atoms with van der Waals surface area (Å²) in [6, 6.07) is 4.59. The van der Waals surface area contributed by atoms with E-state index in [1.165, 1.54) is 30.1 Å². The van der Waals surface area contributed by atoms with E-state index >= 15 is 0 Å². The van der Waals surface area contributed by atoms with Gasteiger partial charge in [0.2, 0.25) is 6.41 Å². The van der Waals surface area contributed by atoms with Gasteiger partial charge in [-0.25, -0.2) is 4.79 Å². The minimum atomic E-state index is -4.40. The Morgan fingerprint density at radius 1 is 1.03 bits per heavy atom. The molecule has 7 nitrogen and oxygen atoms in total. The van der Waals surface area contributed by atoms with E-state index in [4.69, 9.17) is 0 Å². The minimum Gasteiger partial charge on any atom is -0.342 e. The van der Waals surface area contributed by atoms with E-state index in [0.717, 1.165) is 37.7 Å². The van der Waals surface area contributed by atoms with E-state index < -0.39 is 11.7 Å². The highest BCUT2D eigenvalue weighted by Gasteiger charge is 2.30. The number of urea groups is 1. The number of carbonyl (C=O) groups is 2. The first-order valence-corrected chi connectivity index (χ1v) is 10.1. The third-order valence-corrected chi connectivity index (χ3v) is 5.10. The second-order valence-electron chi connectivity index (χ2n) is 7.51. The Balaban J connectivity index is 0.000000297. The molecular weight excluding hydrogens is 399 g/mol. The van der Waals surface area contributed by atoms with Crippen LogP contribution in [0, 0.1) is 0 Å². The summed E-state index contributed by atoms with van der Waals surface area (Å²) < 4.78 is 37.2. The SMILES string of the molecule is CC(C)N1CCNCC1.O=CN1CCN(C(=O)Nc2ccc(C(F)(F)F)cc2)CC1. The largest absolute Gasteiger partial charge is 0.416 e. The van der Waals surface area contributed by atoms with Crippen LogP contribution < -0.4 is 10.6 Å². The number of nitrogens with one attached hydrogen (secondary N) is 2. The molecule has 0 bridgehead atoms.